The normalized spacial score (nSPS) is 18.8. The van der Waals surface area contributed by atoms with E-state index in [1.807, 2.05) is 0 Å². The van der Waals surface area contributed by atoms with Crippen molar-refractivity contribution in [2.75, 3.05) is 7.11 Å². The van der Waals surface area contributed by atoms with Crippen molar-refractivity contribution in [2.45, 2.75) is 38.8 Å². The summed E-state index contributed by atoms with van der Waals surface area (Å²) in [6.45, 7) is 1.78. The van der Waals surface area contributed by atoms with Gasteiger partial charge in [-0.1, -0.05) is 11.6 Å². The van der Waals surface area contributed by atoms with E-state index in [0.717, 1.165) is 11.1 Å². The first kappa shape index (κ1) is 16.9. The van der Waals surface area contributed by atoms with Crippen molar-refractivity contribution in [1.82, 2.24) is 4.98 Å². The van der Waals surface area contributed by atoms with Gasteiger partial charge in [0.2, 0.25) is 0 Å². The van der Waals surface area contributed by atoms with Gasteiger partial charge in [0, 0.05) is 5.56 Å². The summed E-state index contributed by atoms with van der Waals surface area (Å²) in [5.41, 5.74) is 5.38. The summed E-state index contributed by atoms with van der Waals surface area (Å²) >= 11 is 5.92. The van der Waals surface area contributed by atoms with Crippen LogP contribution in [0.2, 0.25) is 5.15 Å². The quantitative estimate of drug-likeness (QED) is 0.539. The van der Waals surface area contributed by atoms with Crippen LogP contribution < -0.4 is 4.74 Å². The lowest BCUT2D eigenvalue weighted by atomic mass is 9.86. The van der Waals surface area contributed by atoms with E-state index in [2.05, 4.69) is 10.7 Å². The molecule has 0 spiro atoms. The molecule has 6 heteroatoms. The van der Waals surface area contributed by atoms with Crippen molar-refractivity contribution < 1.29 is 17.9 Å². The van der Waals surface area contributed by atoms with Gasteiger partial charge in [-0.3, -0.25) is 0 Å². The maximum atomic E-state index is 12.6. The van der Waals surface area contributed by atoms with Gasteiger partial charge in [0.05, 0.1) is 18.7 Å². The topological polar surface area (TPSA) is 22.1 Å². The summed E-state index contributed by atoms with van der Waals surface area (Å²) in [5.74, 6) is -0.591. The highest BCUT2D eigenvalue weighted by molar-refractivity contribution is 6.29. The fraction of sp³-hybridized carbons (Fsp3) is 0.500. The summed E-state index contributed by atoms with van der Waals surface area (Å²) in [6, 6.07) is 1.66. The fourth-order valence-corrected chi connectivity index (χ4v) is 2.88. The van der Waals surface area contributed by atoms with E-state index in [9.17, 15) is 13.2 Å². The number of nitrogens with zero attached hydrogens (tertiary/aromatic N) is 1. The van der Waals surface area contributed by atoms with Crippen LogP contribution in [0, 0.1) is 12.8 Å². The maximum Gasteiger partial charge on any atom is 0.391 e. The molecule has 0 amide bonds. The Morgan fingerprint density at radius 3 is 2.55 bits per heavy atom. The number of halogens is 4. The van der Waals surface area contributed by atoms with E-state index in [1.165, 1.54) is 7.11 Å². The van der Waals surface area contributed by atoms with Crippen molar-refractivity contribution in [3.63, 3.8) is 0 Å². The lowest BCUT2D eigenvalue weighted by molar-refractivity contribution is -0.179. The Bertz CT molecular complexity index is 609. The summed E-state index contributed by atoms with van der Waals surface area (Å²) in [5, 5.41) is 0.345. The molecule has 1 aromatic rings. The fourth-order valence-electron chi connectivity index (χ4n) is 2.64. The summed E-state index contributed by atoms with van der Waals surface area (Å²) < 4.78 is 43.2. The number of aryl methyl sites for hydroxylation is 1. The first-order valence-corrected chi connectivity index (χ1v) is 7.41. The number of hydrogen-bond donors (Lipinski definition) is 0. The van der Waals surface area contributed by atoms with Crippen molar-refractivity contribution in [3.05, 3.63) is 33.8 Å². The highest BCUT2D eigenvalue weighted by atomic mass is 35.5. The smallest absolute Gasteiger partial charge is 0.391 e. The molecule has 1 aliphatic carbocycles. The molecule has 0 atom stereocenters. The number of rotatable bonds is 2. The van der Waals surface area contributed by atoms with Gasteiger partial charge in [-0.15, -0.1) is 5.73 Å². The minimum atomic E-state index is -4.09. The Morgan fingerprint density at radius 1 is 1.36 bits per heavy atom. The van der Waals surface area contributed by atoms with Gasteiger partial charge >= 0.3 is 6.18 Å². The number of hydrogen-bond acceptors (Lipinski definition) is 2. The predicted octanol–water partition coefficient (Wildman–Crippen LogP) is 5.34. The molecule has 1 aliphatic rings. The molecular formula is C16H17ClF3NO. The van der Waals surface area contributed by atoms with Gasteiger partial charge in [0.1, 0.15) is 10.9 Å². The Hall–Kier alpha value is -1.45. The first-order valence-electron chi connectivity index (χ1n) is 7.03. The van der Waals surface area contributed by atoms with Gasteiger partial charge in [0.15, 0.2) is 0 Å². The monoisotopic (exact) mass is 331 g/mol. The number of methoxy groups -OCH3 is 1. The third kappa shape index (κ3) is 4.05. The van der Waals surface area contributed by atoms with Crippen LogP contribution in [0.25, 0.3) is 6.08 Å². The zero-order chi connectivity index (χ0) is 16.3. The largest absolute Gasteiger partial charge is 0.494 e. The van der Waals surface area contributed by atoms with Gasteiger partial charge in [-0.05, 0) is 50.3 Å². The van der Waals surface area contributed by atoms with Gasteiger partial charge in [-0.25, -0.2) is 4.98 Å². The molecule has 0 radical (unpaired) electrons. The van der Waals surface area contributed by atoms with Crippen LogP contribution in [-0.4, -0.2) is 18.3 Å². The molecule has 22 heavy (non-hydrogen) atoms. The van der Waals surface area contributed by atoms with E-state index < -0.39 is 12.1 Å². The lowest BCUT2D eigenvalue weighted by Crippen LogP contribution is -2.25. The van der Waals surface area contributed by atoms with Crippen molar-refractivity contribution in [2.24, 2.45) is 5.92 Å². The van der Waals surface area contributed by atoms with Crippen LogP contribution in [0.15, 0.2) is 17.4 Å². The zero-order valence-electron chi connectivity index (χ0n) is 12.4. The summed E-state index contributed by atoms with van der Waals surface area (Å²) in [6.07, 6.45) is -1.28. The molecule has 0 aromatic carbocycles. The maximum absolute atomic E-state index is 12.6. The van der Waals surface area contributed by atoms with Gasteiger partial charge in [-0.2, -0.15) is 13.2 Å². The second kappa shape index (κ2) is 6.76. The molecule has 2 nitrogen and oxygen atoms in total. The number of pyridine rings is 1. The Morgan fingerprint density at radius 2 is 2.00 bits per heavy atom. The summed E-state index contributed by atoms with van der Waals surface area (Å²) in [4.78, 5) is 4.10. The minimum absolute atomic E-state index is 0.132. The third-order valence-corrected chi connectivity index (χ3v) is 4.02. The van der Waals surface area contributed by atoms with E-state index in [1.54, 1.807) is 19.1 Å². The SMILES string of the molecule is COc1c(C=C=C2CCC(C(F)(F)F)CC2)cc(Cl)nc1C. The average molecular weight is 332 g/mol. The van der Waals surface area contributed by atoms with Crippen molar-refractivity contribution in [3.8, 4) is 5.75 Å². The van der Waals surface area contributed by atoms with Gasteiger partial charge < -0.3 is 4.74 Å². The molecule has 0 unspecified atom stereocenters. The molecule has 0 saturated heterocycles. The van der Waals surface area contributed by atoms with Crippen LogP contribution in [-0.2, 0) is 0 Å². The number of aromatic nitrogens is 1. The Labute approximate surface area is 132 Å². The van der Waals surface area contributed by atoms with Crippen molar-refractivity contribution in [1.29, 1.82) is 0 Å². The molecule has 0 aliphatic heterocycles. The standard InChI is InChI=1S/C16H17ClF3NO/c1-10-15(22-2)12(9-14(17)21-10)6-3-11-4-7-13(8-5-11)16(18,19)20/h6,9,13H,4-5,7-8H2,1-2H3. The number of alkyl halides is 3. The summed E-state index contributed by atoms with van der Waals surface area (Å²) in [7, 11) is 1.54. The van der Waals surface area contributed by atoms with Crippen LogP contribution in [0.5, 0.6) is 5.75 Å². The molecule has 1 fully saturated rings. The third-order valence-electron chi connectivity index (χ3n) is 3.83. The molecule has 1 heterocycles. The van der Waals surface area contributed by atoms with E-state index in [4.69, 9.17) is 16.3 Å². The molecule has 120 valence electrons. The average Bonchev–Trinajstić information content (AvgIpc) is 2.44. The molecule has 0 N–H and O–H groups in total. The van der Waals surface area contributed by atoms with E-state index >= 15 is 0 Å². The van der Waals surface area contributed by atoms with Crippen LogP contribution >= 0.6 is 11.6 Å². The van der Waals surface area contributed by atoms with E-state index in [0.29, 0.717) is 29.4 Å². The molecule has 1 aromatic heterocycles. The molecule has 0 bridgehead atoms. The molecule has 2 rings (SSSR count). The Kier molecular flexibility index (Phi) is 5.20. The number of allylic oxidation sites excluding steroid dienone is 1. The highest BCUT2D eigenvalue weighted by Gasteiger charge is 2.40. The van der Waals surface area contributed by atoms with E-state index in [-0.39, 0.29) is 12.8 Å². The minimum Gasteiger partial charge on any atom is -0.494 e. The lowest BCUT2D eigenvalue weighted by Gasteiger charge is -2.24. The predicted molar refractivity (Wildman–Crippen MR) is 80.0 cm³/mol. The number of ether oxygens (including phenoxy) is 1. The highest BCUT2D eigenvalue weighted by Crippen LogP contribution is 2.39. The zero-order valence-corrected chi connectivity index (χ0v) is 13.2. The second-order valence-corrected chi connectivity index (χ2v) is 5.75. The molecule has 1 saturated carbocycles. The Balaban J connectivity index is 2.19. The van der Waals surface area contributed by atoms with Crippen LogP contribution in [0.4, 0.5) is 13.2 Å². The first-order chi connectivity index (χ1) is 10.3. The second-order valence-electron chi connectivity index (χ2n) is 5.36. The van der Waals surface area contributed by atoms with Crippen molar-refractivity contribution >= 4 is 17.7 Å². The van der Waals surface area contributed by atoms with Crippen LogP contribution in [0.3, 0.4) is 0 Å². The van der Waals surface area contributed by atoms with Crippen LogP contribution in [0.1, 0.15) is 36.9 Å². The van der Waals surface area contributed by atoms with Gasteiger partial charge in [0.25, 0.3) is 0 Å². The molecular weight excluding hydrogens is 315 g/mol.